The van der Waals surface area contributed by atoms with Gasteiger partial charge in [0.05, 0.1) is 27.7 Å². The summed E-state index contributed by atoms with van der Waals surface area (Å²) >= 11 is 0. The van der Waals surface area contributed by atoms with Crippen LogP contribution >= 0.6 is 7.82 Å². The summed E-state index contributed by atoms with van der Waals surface area (Å²) in [5.41, 5.74) is 0. The normalized spacial score (nSPS) is 14.1. The van der Waals surface area contributed by atoms with E-state index in [1.807, 2.05) is 21.1 Å². The van der Waals surface area contributed by atoms with Gasteiger partial charge in [0.25, 0.3) is 7.82 Å². The summed E-state index contributed by atoms with van der Waals surface area (Å²) in [4.78, 5) is 37.9. The smallest absolute Gasteiger partial charge is 0.306 e. The topological polar surface area (TPSA) is 111 Å². The largest absolute Gasteiger partial charge is 0.756 e. The summed E-state index contributed by atoms with van der Waals surface area (Å²) in [7, 11) is 1.13. The van der Waals surface area contributed by atoms with Gasteiger partial charge in [-0.25, -0.2) is 0 Å². The predicted molar refractivity (Wildman–Crippen MR) is 323 cm³/mol. The number of carbonyl (C=O) groups is 2. The number of esters is 2. The lowest BCUT2D eigenvalue weighted by molar-refractivity contribution is -0.870. The van der Waals surface area contributed by atoms with Gasteiger partial charge in [0.15, 0.2) is 6.10 Å². The molecule has 0 aliphatic carbocycles. The number of allylic oxidation sites excluding steroid dienone is 20. The van der Waals surface area contributed by atoms with Crippen LogP contribution in [0.1, 0.15) is 232 Å². The molecule has 0 heterocycles. The van der Waals surface area contributed by atoms with Gasteiger partial charge in [0, 0.05) is 12.8 Å². The van der Waals surface area contributed by atoms with E-state index in [-0.39, 0.29) is 26.1 Å². The fourth-order valence-corrected chi connectivity index (χ4v) is 8.55. The van der Waals surface area contributed by atoms with Gasteiger partial charge in [-0.3, -0.25) is 14.2 Å². The minimum absolute atomic E-state index is 0.0447. The maximum absolute atomic E-state index is 12.8. The third-order valence-electron chi connectivity index (χ3n) is 12.5. The van der Waals surface area contributed by atoms with Crippen molar-refractivity contribution in [2.45, 2.75) is 238 Å². The van der Waals surface area contributed by atoms with E-state index in [0.29, 0.717) is 17.4 Å². The Morgan fingerprint density at radius 2 is 0.750 bits per heavy atom. The quantitative estimate of drug-likeness (QED) is 0.0195. The molecule has 2 unspecified atom stereocenters. The van der Waals surface area contributed by atoms with E-state index in [4.69, 9.17) is 18.5 Å². The monoisotopic (exact) mass is 1080 g/mol. The highest BCUT2D eigenvalue weighted by Gasteiger charge is 2.21. The zero-order valence-corrected chi connectivity index (χ0v) is 50.0. The van der Waals surface area contributed by atoms with Crippen LogP contribution in [0.4, 0.5) is 0 Å². The van der Waals surface area contributed by atoms with Crippen molar-refractivity contribution in [2.24, 2.45) is 0 Å². The number of quaternary nitrogens is 1. The van der Waals surface area contributed by atoms with E-state index in [2.05, 4.69) is 135 Å². The van der Waals surface area contributed by atoms with Crippen molar-refractivity contribution in [3.63, 3.8) is 0 Å². The number of phosphoric acid groups is 1. The van der Waals surface area contributed by atoms with Crippen molar-refractivity contribution in [1.82, 2.24) is 0 Å². The molecular weight excluding hydrogens is 966 g/mol. The Kier molecular flexibility index (Phi) is 53.5. The van der Waals surface area contributed by atoms with Gasteiger partial charge < -0.3 is 27.9 Å². The number of phosphoric ester groups is 1. The molecule has 10 heteroatoms. The number of hydrogen-bond donors (Lipinski definition) is 0. The fraction of sp³-hybridized carbons (Fsp3) is 0.667. The molecule has 0 bridgehead atoms. The lowest BCUT2D eigenvalue weighted by Gasteiger charge is -2.28. The lowest BCUT2D eigenvalue weighted by atomic mass is 10.0. The molecule has 0 saturated heterocycles. The minimum atomic E-state index is -4.66. The van der Waals surface area contributed by atoms with Crippen LogP contribution in [0.25, 0.3) is 0 Å². The van der Waals surface area contributed by atoms with Gasteiger partial charge >= 0.3 is 11.9 Å². The summed E-state index contributed by atoms with van der Waals surface area (Å²) in [6, 6.07) is 0. The first kappa shape index (κ1) is 72.4. The molecule has 0 aliphatic rings. The number of carbonyl (C=O) groups excluding carboxylic acids is 2. The van der Waals surface area contributed by atoms with Crippen molar-refractivity contribution in [2.75, 3.05) is 47.5 Å². The van der Waals surface area contributed by atoms with Crippen molar-refractivity contribution in [1.29, 1.82) is 0 Å². The zero-order valence-electron chi connectivity index (χ0n) is 49.2. The molecule has 0 fully saturated rings. The highest BCUT2D eigenvalue weighted by atomic mass is 31.2. The van der Waals surface area contributed by atoms with Crippen molar-refractivity contribution >= 4 is 19.8 Å². The Bertz CT molecular complexity index is 1700. The zero-order chi connectivity index (χ0) is 55.6. The molecule has 0 aliphatic heterocycles. The van der Waals surface area contributed by atoms with E-state index < -0.39 is 32.5 Å². The molecule has 0 aromatic carbocycles. The lowest BCUT2D eigenvalue weighted by Crippen LogP contribution is -2.37. The van der Waals surface area contributed by atoms with E-state index in [9.17, 15) is 19.0 Å². The molecule has 0 saturated carbocycles. The highest BCUT2D eigenvalue weighted by molar-refractivity contribution is 7.45. The van der Waals surface area contributed by atoms with Gasteiger partial charge in [-0.1, -0.05) is 232 Å². The Labute approximate surface area is 467 Å². The van der Waals surface area contributed by atoms with Crippen LogP contribution in [-0.2, 0) is 32.7 Å². The second-order valence-corrected chi connectivity index (χ2v) is 22.4. The van der Waals surface area contributed by atoms with Crippen molar-refractivity contribution in [3.8, 4) is 0 Å². The summed E-state index contributed by atoms with van der Waals surface area (Å²) in [5.74, 6) is -0.880. The van der Waals surface area contributed by atoms with Gasteiger partial charge in [-0.05, 0) is 109 Å². The first-order chi connectivity index (χ1) is 37.0. The third kappa shape index (κ3) is 59.7. The van der Waals surface area contributed by atoms with E-state index in [1.165, 1.54) is 96.3 Å². The Morgan fingerprint density at radius 1 is 0.421 bits per heavy atom. The SMILES string of the molecule is CC/C=C\C/C=C\C/C=C\C/C=C\C/C=C\C/C=C\C/C=C\CCCCCC(=O)OC(COC(=O)CCCCCCCCCCCCCC/C=C\C/C=C\C/C=C\CCCCCCC)COP(=O)([O-])OCC[N+](C)(C)C. The standard InChI is InChI=1S/C66H112NO8P/c1-6-8-10-12-14-16-18-20-22-24-26-28-30-32-33-35-36-38-40-42-44-46-48-50-52-54-56-58-65(68)72-62-64(63-74-76(70,71)73-61-60-67(3,4)5)75-66(69)59-57-55-53-51-49-47-45-43-41-39-37-34-31-29-27-25-23-21-19-17-15-13-11-9-7-2/h9,11,15,17-18,20-21,23-24,26-27,29-30,32,34,37,41,43,47,49,64H,6-8,10,12-14,16,19,22,25,28,31,33,35-36,38-40,42,44-46,48,50-63H2,1-5H3/b11-9-,17-15-,20-18-,23-21-,26-24-,29-27-,32-30-,37-34-,43-41-,49-47-. The van der Waals surface area contributed by atoms with Gasteiger partial charge in [-0.15, -0.1) is 0 Å². The number of unbranched alkanes of at least 4 members (excludes halogenated alkanes) is 20. The van der Waals surface area contributed by atoms with Gasteiger partial charge in [-0.2, -0.15) is 0 Å². The van der Waals surface area contributed by atoms with E-state index in [1.54, 1.807) is 0 Å². The average molecular weight is 1080 g/mol. The van der Waals surface area contributed by atoms with Crippen LogP contribution in [0.3, 0.4) is 0 Å². The number of nitrogens with zero attached hydrogens (tertiary/aromatic N) is 1. The van der Waals surface area contributed by atoms with Crippen LogP contribution in [0.15, 0.2) is 122 Å². The van der Waals surface area contributed by atoms with Gasteiger partial charge in [0.1, 0.15) is 19.8 Å². The number of hydrogen-bond acceptors (Lipinski definition) is 8. The summed E-state index contributed by atoms with van der Waals surface area (Å²) in [6.07, 6.45) is 79.6. The van der Waals surface area contributed by atoms with Crippen LogP contribution in [0.2, 0.25) is 0 Å². The molecule has 0 aromatic heterocycles. The molecule has 0 amide bonds. The molecule has 9 nitrogen and oxygen atoms in total. The van der Waals surface area contributed by atoms with E-state index >= 15 is 0 Å². The van der Waals surface area contributed by atoms with Crippen molar-refractivity contribution in [3.05, 3.63) is 122 Å². The van der Waals surface area contributed by atoms with Crippen LogP contribution in [0, 0.1) is 0 Å². The molecule has 0 spiro atoms. The third-order valence-corrected chi connectivity index (χ3v) is 13.4. The van der Waals surface area contributed by atoms with Crippen LogP contribution in [0.5, 0.6) is 0 Å². The molecule has 2 atom stereocenters. The van der Waals surface area contributed by atoms with Gasteiger partial charge in [0.2, 0.25) is 0 Å². The van der Waals surface area contributed by atoms with Crippen LogP contribution in [-0.4, -0.2) is 70.0 Å². The summed E-state index contributed by atoms with van der Waals surface area (Å²) < 4.78 is 34.1. The number of likely N-dealkylation sites (N-methyl/N-ethyl adjacent to an activating group) is 1. The first-order valence-electron chi connectivity index (χ1n) is 30.2. The number of rotatable bonds is 54. The predicted octanol–water partition coefficient (Wildman–Crippen LogP) is 18.5. The molecule has 0 radical (unpaired) electrons. The van der Waals surface area contributed by atoms with Crippen molar-refractivity contribution < 1.29 is 42.1 Å². The van der Waals surface area contributed by atoms with Crippen LogP contribution < -0.4 is 4.89 Å². The molecule has 0 aromatic rings. The van der Waals surface area contributed by atoms with E-state index in [0.717, 1.165) is 103 Å². The molecule has 434 valence electrons. The Morgan fingerprint density at radius 3 is 1.13 bits per heavy atom. The minimum Gasteiger partial charge on any atom is -0.756 e. The maximum Gasteiger partial charge on any atom is 0.306 e. The molecule has 0 rings (SSSR count). The highest BCUT2D eigenvalue weighted by Crippen LogP contribution is 2.38. The molecular formula is C66H112NO8P. The second-order valence-electron chi connectivity index (χ2n) is 21.0. The average Bonchev–Trinajstić information content (AvgIpc) is 3.38. The number of ether oxygens (including phenoxy) is 2. The Hall–Kier alpha value is -3.59. The summed E-state index contributed by atoms with van der Waals surface area (Å²) in [6.45, 7) is 4.06. The molecule has 76 heavy (non-hydrogen) atoms. The first-order valence-corrected chi connectivity index (χ1v) is 31.7. The maximum atomic E-state index is 12.8. The fourth-order valence-electron chi connectivity index (χ4n) is 7.82. The second kappa shape index (κ2) is 56.1. The summed E-state index contributed by atoms with van der Waals surface area (Å²) in [5, 5.41) is 0. The molecule has 0 N–H and O–H groups in total. The Balaban J connectivity index is 4.25.